The van der Waals surface area contributed by atoms with Crippen molar-refractivity contribution in [1.29, 1.82) is 0 Å². The summed E-state index contributed by atoms with van der Waals surface area (Å²) in [5, 5.41) is 0. The van der Waals surface area contributed by atoms with Crippen LogP contribution in [0.1, 0.15) is 329 Å². The highest BCUT2D eigenvalue weighted by Crippen LogP contribution is 2.29. The van der Waals surface area contributed by atoms with Crippen molar-refractivity contribution < 1.29 is 14.2 Å². The zero-order valence-corrected chi connectivity index (χ0v) is 43.5. The first-order valence-corrected chi connectivity index (χ1v) is 29.3. The normalized spacial score (nSPS) is 11.5. The van der Waals surface area contributed by atoms with Gasteiger partial charge >= 0.3 is 0 Å². The van der Waals surface area contributed by atoms with E-state index in [-0.39, 0.29) is 0 Å². The van der Waals surface area contributed by atoms with E-state index in [1.54, 1.807) is 0 Å². The number of unbranched alkanes of at least 4 members (excludes halogenated alkanes) is 45. The van der Waals surface area contributed by atoms with Gasteiger partial charge in [-0.1, -0.05) is 310 Å². The molecule has 372 valence electrons. The van der Waals surface area contributed by atoms with Crippen molar-refractivity contribution in [3.05, 3.63) is 18.2 Å². The maximum Gasteiger partial charge on any atom is 0.126 e. The summed E-state index contributed by atoms with van der Waals surface area (Å²) in [6.45, 7) is 9.25. The van der Waals surface area contributed by atoms with Crippen molar-refractivity contribution in [1.82, 2.24) is 0 Å². The largest absolute Gasteiger partial charge is 0.493 e. The van der Waals surface area contributed by atoms with Crippen LogP contribution in [0, 0.1) is 0 Å². The average molecular weight is 884 g/mol. The number of hydrogen-bond donors (Lipinski definition) is 0. The van der Waals surface area contributed by atoms with E-state index < -0.39 is 0 Å². The molecule has 0 heterocycles. The topological polar surface area (TPSA) is 27.7 Å². The smallest absolute Gasteiger partial charge is 0.126 e. The third kappa shape index (κ3) is 45.6. The standard InChI is InChI=1S/C60H114O3/c1-4-7-10-13-16-19-22-25-28-31-34-37-40-43-46-49-52-61-58-55-59(62-53-50-47-44-41-38-35-32-29-26-23-20-17-14-11-8-5-2)57-60(56-58)63-54-51-48-45-42-39-36-33-30-27-24-21-18-15-12-9-6-3/h55-57H,4-54H2,1-3H3. The summed E-state index contributed by atoms with van der Waals surface area (Å²) in [4.78, 5) is 0. The Labute approximate surface area is 396 Å². The van der Waals surface area contributed by atoms with Gasteiger partial charge in [0, 0.05) is 18.2 Å². The Hall–Kier alpha value is -1.38. The van der Waals surface area contributed by atoms with Crippen LogP contribution >= 0.6 is 0 Å². The third-order valence-corrected chi connectivity index (χ3v) is 13.7. The summed E-state index contributed by atoms with van der Waals surface area (Å²) in [6.07, 6.45) is 66.8. The Morgan fingerprint density at radius 2 is 0.317 bits per heavy atom. The lowest BCUT2D eigenvalue weighted by molar-refractivity contribution is 0.275. The van der Waals surface area contributed by atoms with E-state index >= 15 is 0 Å². The molecule has 3 heteroatoms. The predicted octanol–water partition coefficient (Wildman–Crippen LogP) is 21.6. The molecule has 0 aliphatic heterocycles. The zero-order chi connectivity index (χ0) is 45.0. The van der Waals surface area contributed by atoms with Crippen LogP contribution in [0.25, 0.3) is 0 Å². The fraction of sp³-hybridized carbons (Fsp3) is 0.900. The van der Waals surface area contributed by atoms with Crippen LogP contribution in [0.15, 0.2) is 18.2 Å². The molecule has 0 atom stereocenters. The maximum atomic E-state index is 6.32. The minimum absolute atomic E-state index is 0.777. The van der Waals surface area contributed by atoms with Crippen LogP contribution in [-0.2, 0) is 0 Å². The average Bonchev–Trinajstić information content (AvgIpc) is 3.29. The number of rotatable bonds is 54. The molecule has 0 saturated carbocycles. The third-order valence-electron chi connectivity index (χ3n) is 13.7. The lowest BCUT2D eigenvalue weighted by atomic mass is 10.0. The van der Waals surface area contributed by atoms with Crippen molar-refractivity contribution in [3.63, 3.8) is 0 Å². The molecule has 0 N–H and O–H groups in total. The van der Waals surface area contributed by atoms with Gasteiger partial charge in [-0.3, -0.25) is 0 Å². The molecule has 0 aliphatic carbocycles. The van der Waals surface area contributed by atoms with Gasteiger partial charge in [0.2, 0.25) is 0 Å². The Bertz CT molecular complexity index is 856. The van der Waals surface area contributed by atoms with Crippen LogP contribution < -0.4 is 14.2 Å². The van der Waals surface area contributed by atoms with Gasteiger partial charge in [0.25, 0.3) is 0 Å². The molecular formula is C60H114O3. The molecule has 0 bridgehead atoms. The molecule has 0 unspecified atom stereocenters. The van der Waals surface area contributed by atoms with Crippen molar-refractivity contribution >= 4 is 0 Å². The molecule has 0 aliphatic rings. The summed E-state index contributed by atoms with van der Waals surface area (Å²) in [5.74, 6) is 2.72. The van der Waals surface area contributed by atoms with Crippen molar-refractivity contribution in [2.45, 2.75) is 329 Å². The molecular weight excluding hydrogens is 769 g/mol. The van der Waals surface area contributed by atoms with E-state index in [0.29, 0.717) is 0 Å². The lowest BCUT2D eigenvalue weighted by Crippen LogP contribution is -2.02. The molecule has 0 saturated heterocycles. The quantitative estimate of drug-likeness (QED) is 0.0610. The lowest BCUT2D eigenvalue weighted by Gasteiger charge is -2.13. The molecule has 0 aromatic heterocycles. The number of ether oxygens (including phenoxy) is 3. The van der Waals surface area contributed by atoms with Gasteiger partial charge in [0.15, 0.2) is 0 Å². The highest BCUT2D eigenvalue weighted by molar-refractivity contribution is 5.42. The summed E-state index contributed by atoms with van der Waals surface area (Å²) < 4.78 is 19.0. The van der Waals surface area contributed by atoms with Crippen molar-refractivity contribution in [3.8, 4) is 17.2 Å². The summed E-state index contributed by atoms with van der Waals surface area (Å²) in [7, 11) is 0. The second kappa shape index (κ2) is 51.6. The highest BCUT2D eigenvalue weighted by atomic mass is 16.5. The Morgan fingerprint density at radius 1 is 0.190 bits per heavy atom. The van der Waals surface area contributed by atoms with E-state index in [9.17, 15) is 0 Å². The molecule has 1 rings (SSSR count). The van der Waals surface area contributed by atoms with Crippen LogP contribution in [0.3, 0.4) is 0 Å². The van der Waals surface area contributed by atoms with Crippen LogP contribution in [0.5, 0.6) is 17.2 Å². The van der Waals surface area contributed by atoms with Gasteiger partial charge in [-0.15, -0.1) is 0 Å². The van der Waals surface area contributed by atoms with E-state index in [0.717, 1.165) is 56.3 Å². The van der Waals surface area contributed by atoms with Crippen molar-refractivity contribution in [2.75, 3.05) is 19.8 Å². The van der Waals surface area contributed by atoms with Gasteiger partial charge in [0.05, 0.1) is 19.8 Å². The SMILES string of the molecule is CCCCCCCCCCCCCCCCCCOc1cc(OCCCCCCCCCCCCCCCCCC)cc(OCCCCCCCCCCCCCCCCCC)c1. The highest BCUT2D eigenvalue weighted by Gasteiger charge is 2.07. The van der Waals surface area contributed by atoms with E-state index in [4.69, 9.17) is 14.2 Å². The van der Waals surface area contributed by atoms with Crippen LogP contribution in [0.2, 0.25) is 0 Å². The zero-order valence-electron chi connectivity index (χ0n) is 43.5. The van der Waals surface area contributed by atoms with Gasteiger partial charge < -0.3 is 14.2 Å². The Balaban J connectivity index is 2.25. The minimum atomic E-state index is 0.777. The molecule has 0 radical (unpaired) electrons. The first-order chi connectivity index (χ1) is 31.3. The summed E-state index contributed by atoms with van der Waals surface area (Å²) in [6, 6.07) is 6.29. The molecule has 1 aromatic rings. The summed E-state index contributed by atoms with van der Waals surface area (Å²) >= 11 is 0. The first-order valence-electron chi connectivity index (χ1n) is 29.3. The van der Waals surface area contributed by atoms with Gasteiger partial charge in [0.1, 0.15) is 17.2 Å². The summed E-state index contributed by atoms with van der Waals surface area (Å²) in [5.41, 5.74) is 0. The Morgan fingerprint density at radius 3 is 0.460 bits per heavy atom. The second-order valence-corrected chi connectivity index (χ2v) is 20.1. The van der Waals surface area contributed by atoms with E-state index in [2.05, 4.69) is 39.0 Å². The maximum absolute atomic E-state index is 6.32. The molecule has 63 heavy (non-hydrogen) atoms. The van der Waals surface area contributed by atoms with Gasteiger partial charge in [-0.05, 0) is 19.3 Å². The van der Waals surface area contributed by atoms with E-state index in [1.807, 2.05) is 0 Å². The fourth-order valence-corrected chi connectivity index (χ4v) is 9.32. The van der Waals surface area contributed by atoms with Crippen LogP contribution in [-0.4, -0.2) is 19.8 Å². The predicted molar refractivity (Wildman–Crippen MR) is 282 cm³/mol. The second-order valence-electron chi connectivity index (χ2n) is 20.1. The molecule has 3 nitrogen and oxygen atoms in total. The first kappa shape index (κ1) is 59.6. The minimum Gasteiger partial charge on any atom is -0.493 e. The van der Waals surface area contributed by atoms with Crippen LogP contribution in [0.4, 0.5) is 0 Å². The molecule has 0 fully saturated rings. The van der Waals surface area contributed by atoms with E-state index in [1.165, 1.54) is 289 Å². The number of benzene rings is 1. The molecule has 1 aromatic carbocycles. The fourth-order valence-electron chi connectivity index (χ4n) is 9.32. The molecule has 0 spiro atoms. The van der Waals surface area contributed by atoms with Crippen molar-refractivity contribution in [2.24, 2.45) is 0 Å². The van der Waals surface area contributed by atoms with Gasteiger partial charge in [-0.2, -0.15) is 0 Å². The Kier molecular flexibility index (Phi) is 48.8. The monoisotopic (exact) mass is 883 g/mol. The van der Waals surface area contributed by atoms with Gasteiger partial charge in [-0.25, -0.2) is 0 Å². The molecule has 0 amide bonds. The number of hydrogen-bond acceptors (Lipinski definition) is 3.